The maximum atomic E-state index is 11.5. The normalized spacial score (nSPS) is 12.6. The second kappa shape index (κ2) is 13.8. The molecule has 0 amide bonds. The van der Waals surface area contributed by atoms with Crippen LogP contribution in [0, 0.1) is 29.7 Å². The molecule has 0 aliphatic rings. The zero-order valence-electron chi connectivity index (χ0n) is 28.1. The number of rotatable bonds is 4. The van der Waals surface area contributed by atoms with E-state index in [1.54, 1.807) is 6.33 Å². The quantitative estimate of drug-likeness (QED) is 0.0975. The molecule has 0 atom stereocenters. The summed E-state index contributed by atoms with van der Waals surface area (Å²) in [5.74, 6) is 0.698. The number of carbonyl (C=O) groups is 1. The number of aliphatic hydroxyl groups is 1. The fraction of sp³-hybridized carbons (Fsp3) is 0.447. The maximum absolute atomic E-state index is 11.5. The first-order chi connectivity index (χ1) is 19.3. The summed E-state index contributed by atoms with van der Waals surface area (Å²) in [7, 11) is 0. The van der Waals surface area contributed by atoms with Crippen molar-refractivity contribution in [2.75, 3.05) is 0 Å². The van der Waals surface area contributed by atoms with E-state index in [0.29, 0.717) is 5.92 Å². The predicted molar refractivity (Wildman–Crippen MR) is 178 cm³/mol. The second-order valence-electron chi connectivity index (χ2n) is 14.9. The Hall–Kier alpha value is -2.88. The number of carbonyl (C=O) groups excluding carboxylic acids is 1. The first-order valence-corrected chi connectivity index (χ1v) is 14.9. The Morgan fingerprint density at radius 3 is 2.14 bits per heavy atom. The van der Waals surface area contributed by atoms with Gasteiger partial charge in [-0.05, 0) is 39.8 Å². The van der Waals surface area contributed by atoms with Crippen molar-refractivity contribution in [3.05, 3.63) is 83.4 Å². The number of aryl methyl sites for hydroxylation is 1. The van der Waals surface area contributed by atoms with E-state index in [1.165, 1.54) is 28.0 Å². The number of fused-ring (bicyclic) bond motifs is 3. The summed E-state index contributed by atoms with van der Waals surface area (Å²) in [6.07, 6.45) is 4.08. The largest absolute Gasteiger partial charge is 0.512 e. The summed E-state index contributed by atoms with van der Waals surface area (Å²) >= 11 is 0. The van der Waals surface area contributed by atoms with Crippen molar-refractivity contribution in [2.45, 2.75) is 94.9 Å². The number of hydrogen-bond acceptors (Lipinski definition) is 4. The molecule has 3 aromatic carbocycles. The van der Waals surface area contributed by atoms with E-state index in [1.807, 2.05) is 41.5 Å². The van der Waals surface area contributed by atoms with Crippen molar-refractivity contribution in [2.24, 2.45) is 16.7 Å². The van der Waals surface area contributed by atoms with Gasteiger partial charge in [-0.25, -0.2) is 4.98 Å². The Morgan fingerprint density at radius 2 is 1.58 bits per heavy atom. The molecule has 0 spiro atoms. The summed E-state index contributed by atoms with van der Waals surface area (Å²) in [6.45, 7) is 24.5. The molecular formula is C38H49IrN2O2-. The Balaban J connectivity index is 0.000000394. The summed E-state index contributed by atoms with van der Waals surface area (Å²) in [5.41, 5.74) is 6.16. The van der Waals surface area contributed by atoms with Crippen LogP contribution in [0.15, 0.2) is 60.6 Å². The van der Waals surface area contributed by atoms with Gasteiger partial charge >= 0.3 is 0 Å². The third-order valence-electron chi connectivity index (χ3n) is 7.26. The first-order valence-electron chi connectivity index (χ1n) is 14.9. The molecule has 233 valence electrons. The van der Waals surface area contributed by atoms with Crippen LogP contribution in [0.3, 0.4) is 0 Å². The number of benzene rings is 3. The van der Waals surface area contributed by atoms with E-state index in [2.05, 4.69) is 90.1 Å². The molecule has 4 nitrogen and oxygen atoms in total. The molecule has 43 heavy (non-hydrogen) atoms. The van der Waals surface area contributed by atoms with Gasteiger partial charge in [-0.2, -0.15) is 0 Å². The van der Waals surface area contributed by atoms with Crippen LogP contribution in [0.1, 0.15) is 92.9 Å². The number of hydrogen-bond donors (Lipinski definition) is 1. The van der Waals surface area contributed by atoms with Gasteiger partial charge in [0.1, 0.15) is 12.1 Å². The molecule has 4 aromatic rings. The minimum absolute atomic E-state index is 0. The summed E-state index contributed by atoms with van der Waals surface area (Å²) in [5, 5.41) is 13.2. The average molecular weight is 758 g/mol. The minimum atomic E-state index is -0.417. The van der Waals surface area contributed by atoms with E-state index < -0.39 is 5.41 Å². The fourth-order valence-electron chi connectivity index (χ4n) is 4.63. The predicted octanol–water partition coefficient (Wildman–Crippen LogP) is 10.1. The summed E-state index contributed by atoms with van der Waals surface area (Å²) < 4.78 is 0. The van der Waals surface area contributed by atoms with Gasteiger partial charge in [0.2, 0.25) is 0 Å². The van der Waals surface area contributed by atoms with Crippen LogP contribution in [0.2, 0.25) is 0 Å². The molecule has 1 radical (unpaired) electrons. The van der Waals surface area contributed by atoms with Gasteiger partial charge in [0.05, 0.1) is 5.52 Å². The van der Waals surface area contributed by atoms with E-state index in [-0.39, 0.29) is 42.5 Å². The number of allylic oxidation sites excluding steroid dienone is 2. The molecule has 1 N–H and O–H groups in total. The molecule has 0 bridgehead atoms. The smallest absolute Gasteiger partial charge is 0.164 e. The van der Waals surface area contributed by atoms with Crippen LogP contribution in [0.4, 0.5) is 0 Å². The van der Waals surface area contributed by atoms with Crippen LogP contribution >= 0.6 is 0 Å². The summed E-state index contributed by atoms with van der Waals surface area (Å²) in [4.78, 5) is 20.9. The minimum Gasteiger partial charge on any atom is -0.512 e. The topological polar surface area (TPSA) is 63.1 Å². The van der Waals surface area contributed by atoms with Crippen molar-refractivity contribution < 1.29 is 30.0 Å². The average Bonchev–Trinajstić information content (AvgIpc) is 2.86. The molecular weight excluding hydrogens is 709 g/mol. The SMILES string of the molecule is CC(C)(C)C(=O)/C=C(\O)C(C)(C)C.Cc1[c-]c(-c2ncnc3c2ccc2cccc(CC(C)C)c23)cc(C(C)(C)C)c1.[Ir]. The Morgan fingerprint density at radius 1 is 0.930 bits per heavy atom. The van der Waals surface area contributed by atoms with E-state index in [4.69, 9.17) is 9.97 Å². The number of aromatic nitrogens is 2. The van der Waals surface area contributed by atoms with Crippen LogP contribution in [0.5, 0.6) is 0 Å². The van der Waals surface area contributed by atoms with E-state index in [9.17, 15) is 9.90 Å². The summed E-state index contributed by atoms with van der Waals surface area (Å²) in [6, 6.07) is 18.9. The van der Waals surface area contributed by atoms with Crippen LogP contribution < -0.4 is 0 Å². The third kappa shape index (κ3) is 9.30. The molecule has 0 aliphatic heterocycles. The molecule has 0 aliphatic carbocycles. The molecule has 1 heterocycles. The van der Waals surface area contributed by atoms with Gasteiger partial charge in [-0.15, -0.1) is 34.9 Å². The molecule has 5 heteroatoms. The van der Waals surface area contributed by atoms with Gasteiger partial charge in [-0.3, -0.25) is 9.78 Å². The van der Waals surface area contributed by atoms with Crippen molar-refractivity contribution in [1.82, 2.24) is 9.97 Å². The van der Waals surface area contributed by atoms with Gasteiger partial charge < -0.3 is 5.11 Å². The van der Waals surface area contributed by atoms with E-state index in [0.717, 1.165) is 34.1 Å². The fourth-order valence-corrected chi connectivity index (χ4v) is 4.63. The third-order valence-corrected chi connectivity index (χ3v) is 7.26. The van der Waals surface area contributed by atoms with Crippen molar-refractivity contribution in [3.63, 3.8) is 0 Å². The van der Waals surface area contributed by atoms with Gasteiger partial charge in [0.15, 0.2) is 5.78 Å². The van der Waals surface area contributed by atoms with Crippen LogP contribution in [-0.4, -0.2) is 20.9 Å². The Bertz CT molecular complexity index is 1610. The molecule has 4 rings (SSSR count). The van der Waals surface area contributed by atoms with E-state index >= 15 is 0 Å². The zero-order valence-corrected chi connectivity index (χ0v) is 30.5. The van der Waals surface area contributed by atoms with Crippen LogP contribution in [-0.2, 0) is 36.7 Å². The van der Waals surface area contributed by atoms with Crippen molar-refractivity contribution in [3.8, 4) is 11.3 Å². The van der Waals surface area contributed by atoms with Gasteiger partial charge in [0.25, 0.3) is 0 Å². The Labute approximate surface area is 272 Å². The standard InChI is InChI=1S/C27H29N2.C11H20O2.Ir/c1-17(2)12-20-9-7-8-19-10-11-23-25(28-16-29-26(23)24(19)20)21-13-18(3)14-22(15-21)27(4,5)6;1-10(2,3)8(12)7-9(13)11(4,5)6;/h7-11,14-17H,12H2,1-6H3;7,12H,1-6H3;/q-1;;/b;8-7-;. The molecule has 0 unspecified atom stereocenters. The number of aliphatic hydroxyl groups excluding tert-OH is 1. The maximum Gasteiger partial charge on any atom is 0.164 e. The zero-order chi connectivity index (χ0) is 31.6. The molecule has 0 fully saturated rings. The molecule has 0 saturated carbocycles. The monoisotopic (exact) mass is 758 g/mol. The number of ketones is 1. The van der Waals surface area contributed by atoms with Crippen molar-refractivity contribution >= 4 is 27.5 Å². The van der Waals surface area contributed by atoms with Crippen molar-refractivity contribution in [1.29, 1.82) is 0 Å². The van der Waals surface area contributed by atoms with Crippen LogP contribution in [0.25, 0.3) is 32.9 Å². The van der Waals surface area contributed by atoms with Gasteiger partial charge in [0, 0.05) is 42.4 Å². The number of nitrogens with zero attached hydrogens (tertiary/aromatic N) is 2. The first kappa shape index (κ1) is 36.3. The molecule has 1 aromatic heterocycles. The van der Waals surface area contributed by atoms with Gasteiger partial charge in [-0.1, -0.05) is 113 Å². The molecule has 0 saturated heterocycles. The Kier molecular flexibility index (Phi) is 11.7. The second-order valence-corrected chi connectivity index (χ2v) is 14.9.